The van der Waals surface area contributed by atoms with Crippen LogP contribution < -0.4 is 10.6 Å². The van der Waals surface area contributed by atoms with E-state index in [0.717, 1.165) is 38.3 Å². The highest BCUT2D eigenvalue weighted by molar-refractivity contribution is 14.0. The molecule has 1 aliphatic heterocycles. The van der Waals surface area contributed by atoms with Crippen molar-refractivity contribution in [1.29, 1.82) is 0 Å². The van der Waals surface area contributed by atoms with Gasteiger partial charge in [-0.15, -0.1) is 24.0 Å². The van der Waals surface area contributed by atoms with Crippen LogP contribution in [0.1, 0.15) is 78.1 Å². The summed E-state index contributed by atoms with van der Waals surface area (Å²) < 4.78 is 5.63. The molecule has 1 saturated carbocycles. The average molecular weight is 509 g/mol. The normalized spacial score (nSPS) is 22.7. The molecule has 1 unspecified atom stereocenters. The summed E-state index contributed by atoms with van der Waals surface area (Å²) in [6.45, 7) is 10.7. The zero-order valence-corrected chi connectivity index (χ0v) is 20.9. The predicted molar refractivity (Wildman–Crippen MR) is 131 cm³/mol. The summed E-state index contributed by atoms with van der Waals surface area (Å²) in [7, 11) is 1.88. The van der Waals surface area contributed by atoms with Crippen molar-refractivity contribution in [3.05, 3.63) is 0 Å². The van der Waals surface area contributed by atoms with Crippen LogP contribution in [0.3, 0.4) is 0 Å². The second-order valence-corrected chi connectivity index (χ2v) is 8.59. The number of aliphatic imine (C=N–C) groups is 1. The van der Waals surface area contributed by atoms with E-state index >= 15 is 0 Å². The fourth-order valence-electron chi connectivity index (χ4n) is 4.70. The molecule has 5 nitrogen and oxygen atoms in total. The molecule has 1 aliphatic carbocycles. The SMILES string of the molecule is CCOCCC1(CNC(=NC)NCCCCN2CCCCC2C)CCCC1.I. The molecule has 0 aromatic heterocycles. The van der Waals surface area contributed by atoms with Crippen molar-refractivity contribution in [2.45, 2.75) is 84.1 Å². The first-order chi connectivity index (χ1) is 13.2. The number of piperidine rings is 1. The minimum Gasteiger partial charge on any atom is -0.382 e. The van der Waals surface area contributed by atoms with Crippen LogP contribution in [0, 0.1) is 5.41 Å². The Morgan fingerprint density at radius 3 is 2.61 bits per heavy atom. The van der Waals surface area contributed by atoms with E-state index < -0.39 is 0 Å². The van der Waals surface area contributed by atoms with Crippen LogP contribution in [0.5, 0.6) is 0 Å². The first kappa shape index (κ1) is 26.0. The van der Waals surface area contributed by atoms with E-state index in [1.807, 2.05) is 7.05 Å². The molecule has 0 bridgehead atoms. The number of nitrogens with zero attached hydrogens (tertiary/aromatic N) is 2. The molecule has 166 valence electrons. The van der Waals surface area contributed by atoms with E-state index in [9.17, 15) is 0 Å². The van der Waals surface area contributed by atoms with Crippen LogP contribution in [0.2, 0.25) is 0 Å². The molecule has 1 atom stereocenters. The van der Waals surface area contributed by atoms with Gasteiger partial charge in [-0.2, -0.15) is 0 Å². The lowest BCUT2D eigenvalue weighted by molar-refractivity contribution is 0.105. The van der Waals surface area contributed by atoms with Gasteiger partial charge in [0, 0.05) is 39.4 Å². The summed E-state index contributed by atoms with van der Waals surface area (Å²) >= 11 is 0. The van der Waals surface area contributed by atoms with Crippen LogP contribution in [-0.4, -0.2) is 63.3 Å². The molecule has 1 saturated heterocycles. The van der Waals surface area contributed by atoms with E-state index in [-0.39, 0.29) is 24.0 Å². The lowest BCUT2D eigenvalue weighted by atomic mass is 9.83. The van der Waals surface area contributed by atoms with Crippen LogP contribution in [0.15, 0.2) is 4.99 Å². The summed E-state index contributed by atoms with van der Waals surface area (Å²) in [5.41, 5.74) is 0.400. The van der Waals surface area contributed by atoms with Gasteiger partial charge in [0.05, 0.1) is 0 Å². The van der Waals surface area contributed by atoms with E-state index in [4.69, 9.17) is 4.74 Å². The fourth-order valence-corrected chi connectivity index (χ4v) is 4.70. The number of unbranched alkanes of at least 4 members (excludes halogenated alkanes) is 1. The van der Waals surface area contributed by atoms with Crippen molar-refractivity contribution in [1.82, 2.24) is 15.5 Å². The number of guanidine groups is 1. The van der Waals surface area contributed by atoms with Gasteiger partial charge in [-0.3, -0.25) is 4.99 Å². The van der Waals surface area contributed by atoms with Gasteiger partial charge >= 0.3 is 0 Å². The monoisotopic (exact) mass is 508 g/mol. The molecule has 0 radical (unpaired) electrons. The Kier molecular flexibility index (Phi) is 13.7. The molecule has 2 N–H and O–H groups in total. The Labute approximate surface area is 190 Å². The van der Waals surface area contributed by atoms with E-state index in [0.29, 0.717) is 5.41 Å². The van der Waals surface area contributed by atoms with Crippen molar-refractivity contribution in [2.24, 2.45) is 10.4 Å². The van der Waals surface area contributed by atoms with Gasteiger partial charge in [0.15, 0.2) is 5.96 Å². The lowest BCUT2D eigenvalue weighted by Crippen LogP contribution is -2.43. The maximum Gasteiger partial charge on any atom is 0.190 e. The van der Waals surface area contributed by atoms with Crippen molar-refractivity contribution in [2.75, 3.05) is 46.4 Å². The van der Waals surface area contributed by atoms with Gasteiger partial charge in [0.2, 0.25) is 0 Å². The van der Waals surface area contributed by atoms with E-state index in [1.54, 1.807) is 0 Å². The zero-order valence-electron chi connectivity index (χ0n) is 18.6. The number of ether oxygens (including phenoxy) is 1. The summed E-state index contributed by atoms with van der Waals surface area (Å²) in [4.78, 5) is 7.09. The van der Waals surface area contributed by atoms with Gasteiger partial charge in [0.1, 0.15) is 0 Å². The third-order valence-electron chi connectivity index (χ3n) is 6.60. The standard InChI is InChI=1S/C22H44N4O.HI/c1-4-27-18-14-22(12-6-7-13-22)19-25-21(23-3)24-15-8-10-17-26-16-9-5-11-20(26)2;/h20H,4-19H2,1-3H3,(H2,23,24,25);1H. The Hall–Kier alpha value is -0.0800. The number of nitrogens with one attached hydrogen (secondary N) is 2. The number of halogens is 1. The highest BCUT2D eigenvalue weighted by atomic mass is 127. The molecule has 0 aromatic rings. The second-order valence-electron chi connectivity index (χ2n) is 8.59. The maximum absolute atomic E-state index is 5.63. The quantitative estimate of drug-likeness (QED) is 0.188. The van der Waals surface area contributed by atoms with E-state index in [2.05, 4.69) is 34.4 Å². The lowest BCUT2D eigenvalue weighted by Gasteiger charge is -2.33. The molecule has 0 spiro atoms. The van der Waals surface area contributed by atoms with Crippen molar-refractivity contribution in [3.63, 3.8) is 0 Å². The van der Waals surface area contributed by atoms with Gasteiger partial charge in [0.25, 0.3) is 0 Å². The number of hydrogen-bond acceptors (Lipinski definition) is 3. The minimum absolute atomic E-state index is 0. The van der Waals surface area contributed by atoms with Crippen LogP contribution in [0.25, 0.3) is 0 Å². The maximum atomic E-state index is 5.63. The molecule has 6 heteroatoms. The first-order valence-corrected chi connectivity index (χ1v) is 11.5. The average Bonchev–Trinajstić information content (AvgIpc) is 3.14. The number of likely N-dealkylation sites (tertiary alicyclic amines) is 1. The third-order valence-corrected chi connectivity index (χ3v) is 6.60. The molecule has 2 rings (SSSR count). The Bertz CT molecular complexity index is 427. The van der Waals surface area contributed by atoms with Gasteiger partial charge in [-0.05, 0) is 77.3 Å². The van der Waals surface area contributed by atoms with Gasteiger partial charge in [-0.1, -0.05) is 19.3 Å². The molecular formula is C22H45IN4O. The highest BCUT2D eigenvalue weighted by Gasteiger charge is 2.33. The fraction of sp³-hybridized carbons (Fsp3) is 0.955. The summed E-state index contributed by atoms with van der Waals surface area (Å²) in [5, 5.41) is 7.12. The first-order valence-electron chi connectivity index (χ1n) is 11.5. The molecule has 1 heterocycles. The Morgan fingerprint density at radius 1 is 1.14 bits per heavy atom. The van der Waals surface area contributed by atoms with E-state index in [1.165, 1.54) is 77.3 Å². The largest absolute Gasteiger partial charge is 0.382 e. The molecular weight excluding hydrogens is 463 g/mol. The summed E-state index contributed by atoms with van der Waals surface area (Å²) in [6, 6.07) is 0.778. The molecule has 0 aromatic carbocycles. The summed E-state index contributed by atoms with van der Waals surface area (Å²) in [6.07, 6.45) is 13.2. The van der Waals surface area contributed by atoms with Crippen LogP contribution in [-0.2, 0) is 4.74 Å². The highest BCUT2D eigenvalue weighted by Crippen LogP contribution is 2.40. The predicted octanol–water partition coefficient (Wildman–Crippen LogP) is 4.41. The number of hydrogen-bond donors (Lipinski definition) is 2. The van der Waals surface area contributed by atoms with Crippen molar-refractivity contribution < 1.29 is 4.74 Å². The zero-order chi connectivity index (χ0) is 19.4. The third kappa shape index (κ3) is 9.16. The van der Waals surface area contributed by atoms with Crippen LogP contribution >= 0.6 is 24.0 Å². The number of rotatable bonds is 11. The van der Waals surface area contributed by atoms with Crippen LogP contribution in [0.4, 0.5) is 0 Å². The molecule has 0 amide bonds. The summed E-state index contributed by atoms with van der Waals surface area (Å²) in [5.74, 6) is 0.962. The van der Waals surface area contributed by atoms with Crippen molar-refractivity contribution >= 4 is 29.9 Å². The van der Waals surface area contributed by atoms with Crippen molar-refractivity contribution in [3.8, 4) is 0 Å². The Balaban J connectivity index is 0.00000392. The smallest absolute Gasteiger partial charge is 0.190 e. The topological polar surface area (TPSA) is 48.9 Å². The Morgan fingerprint density at radius 2 is 1.93 bits per heavy atom. The van der Waals surface area contributed by atoms with Gasteiger partial charge in [-0.25, -0.2) is 0 Å². The molecule has 28 heavy (non-hydrogen) atoms. The molecule has 2 aliphatic rings. The minimum atomic E-state index is 0. The molecule has 2 fully saturated rings. The second kappa shape index (κ2) is 14.8. The van der Waals surface area contributed by atoms with Gasteiger partial charge < -0.3 is 20.3 Å².